The van der Waals surface area contributed by atoms with Gasteiger partial charge in [-0.3, -0.25) is 4.79 Å². The van der Waals surface area contributed by atoms with Crippen molar-refractivity contribution in [2.45, 2.75) is 70.8 Å². The van der Waals surface area contributed by atoms with Crippen LogP contribution in [0.2, 0.25) is 0 Å². The molecule has 0 aliphatic heterocycles. The third-order valence-electron chi connectivity index (χ3n) is 7.70. The Morgan fingerprint density at radius 2 is 1.90 bits per heavy atom. The number of carbonyl (C=O) groups excluding carboxylic acids is 1. The molecule has 0 spiro atoms. The summed E-state index contributed by atoms with van der Waals surface area (Å²) in [5.74, 6) is 1.81. The second kappa shape index (κ2) is 7.71. The normalized spacial score (nSPS) is 32.9. The first-order chi connectivity index (χ1) is 14.1. The van der Waals surface area contributed by atoms with Crippen molar-refractivity contribution < 1.29 is 22.1 Å². The Kier molecular flexibility index (Phi) is 5.51. The fraction of sp³-hybridized carbons (Fsp3) is 0.682. The van der Waals surface area contributed by atoms with Crippen LogP contribution >= 0.6 is 0 Å². The van der Waals surface area contributed by atoms with Crippen LogP contribution in [0.5, 0.6) is 11.5 Å². The lowest BCUT2D eigenvalue weighted by Gasteiger charge is -2.55. The van der Waals surface area contributed by atoms with Crippen molar-refractivity contribution in [1.82, 2.24) is 5.32 Å². The molecule has 2 saturated carbocycles. The van der Waals surface area contributed by atoms with E-state index in [4.69, 9.17) is 14.1 Å². The van der Waals surface area contributed by atoms with Gasteiger partial charge in [-0.05, 0) is 78.5 Å². The number of methoxy groups -OCH3 is 1. The van der Waals surface area contributed by atoms with Gasteiger partial charge in [0.25, 0.3) is 0 Å². The van der Waals surface area contributed by atoms with Gasteiger partial charge in [0, 0.05) is 6.92 Å². The first-order valence-electron chi connectivity index (χ1n) is 10.8. The van der Waals surface area contributed by atoms with Crippen molar-refractivity contribution in [3.8, 4) is 11.5 Å². The van der Waals surface area contributed by atoms with Gasteiger partial charge in [0.1, 0.15) is 0 Å². The molecule has 0 aromatic heterocycles. The summed E-state index contributed by atoms with van der Waals surface area (Å²) in [6.07, 6.45) is 8.24. The standard InChI is InChI=1S/C22H32N2O5S/c1-13(25)24-19-10-16-14(7-9-22(2)8-5-4-6-18(16)22)15-11-20(28-3)21(12-17(15)19)29-30(23,26)27/h11-12,14,16,18-19H,4-10H2,1-3H3,(H,24,25)(H2,23,26,27)/t14?,16?,18?,19-,22-/m0/s1. The van der Waals surface area contributed by atoms with Crippen LogP contribution < -0.4 is 19.4 Å². The number of carbonyl (C=O) groups is 1. The molecule has 1 amide bonds. The number of hydrogen-bond acceptors (Lipinski definition) is 5. The van der Waals surface area contributed by atoms with Crippen LogP contribution in [0.25, 0.3) is 0 Å². The minimum atomic E-state index is -4.19. The van der Waals surface area contributed by atoms with Gasteiger partial charge < -0.3 is 14.2 Å². The number of ether oxygens (including phenoxy) is 1. The molecule has 3 unspecified atom stereocenters. The smallest absolute Gasteiger partial charge is 0.380 e. The summed E-state index contributed by atoms with van der Waals surface area (Å²) in [5, 5.41) is 8.19. The Morgan fingerprint density at radius 3 is 2.57 bits per heavy atom. The van der Waals surface area contributed by atoms with Crippen LogP contribution in [-0.2, 0) is 15.1 Å². The fourth-order valence-corrected chi connectivity index (χ4v) is 6.89. The maximum atomic E-state index is 12.0. The molecule has 0 bridgehead atoms. The molecule has 1 aromatic carbocycles. The van der Waals surface area contributed by atoms with Crippen molar-refractivity contribution in [3.63, 3.8) is 0 Å². The van der Waals surface area contributed by atoms with E-state index < -0.39 is 10.3 Å². The minimum absolute atomic E-state index is 0.0610. The molecule has 2 fully saturated rings. The quantitative estimate of drug-likeness (QED) is 0.750. The van der Waals surface area contributed by atoms with E-state index in [1.165, 1.54) is 46.1 Å². The summed E-state index contributed by atoms with van der Waals surface area (Å²) >= 11 is 0. The average Bonchev–Trinajstić information content (AvgIpc) is 2.65. The van der Waals surface area contributed by atoms with Crippen LogP contribution in [0.3, 0.4) is 0 Å². The van der Waals surface area contributed by atoms with Crippen molar-refractivity contribution >= 4 is 16.2 Å². The Morgan fingerprint density at radius 1 is 1.17 bits per heavy atom. The lowest BCUT2D eigenvalue weighted by atomic mass is 9.50. The van der Waals surface area contributed by atoms with Gasteiger partial charge in [-0.25, -0.2) is 0 Å². The molecule has 3 aliphatic rings. The predicted molar refractivity (Wildman–Crippen MR) is 113 cm³/mol. The maximum absolute atomic E-state index is 12.0. The van der Waals surface area contributed by atoms with Gasteiger partial charge >= 0.3 is 10.3 Å². The average molecular weight is 437 g/mol. The van der Waals surface area contributed by atoms with E-state index in [2.05, 4.69) is 12.2 Å². The highest BCUT2D eigenvalue weighted by molar-refractivity contribution is 7.84. The van der Waals surface area contributed by atoms with Gasteiger partial charge in [-0.2, -0.15) is 13.6 Å². The highest BCUT2D eigenvalue weighted by Gasteiger charge is 2.50. The van der Waals surface area contributed by atoms with E-state index in [0.717, 1.165) is 24.0 Å². The third kappa shape index (κ3) is 3.91. The van der Waals surface area contributed by atoms with Crippen LogP contribution in [0.15, 0.2) is 12.1 Å². The predicted octanol–water partition coefficient (Wildman–Crippen LogP) is 3.55. The molecule has 5 atom stereocenters. The number of rotatable bonds is 4. The van der Waals surface area contributed by atoms with Crippen LogP contribution in [0.4, 0.5) is 0 Å². The van der Waals surface area contributed by atoms with Gasteiger partial charge in [0.15, 0.2) is 11.5 Å². The van der Waals surface area contributed by atoms with E-state index in [-0.39, 0.29) is 17.7 Å². The number of fused-ring (bicyclic) bond motifs is 5. The van der Waals surface area contributed by atoms with Crippen molar-refractivity contribution in [3.05, 3.63) is 23.3 Å². The van der Waals surface area contributed by atoms with Gasteiger partial charge in [0.05, 0.1) is 13.2 Å². The summed E-state index contributed by atoms with van der Waals surface area (Å²) in [4.78, 5) is 12.0. The lowest BCUT2D eigenvalue weighted by molar-refractivity contribution is -0.120. The largest absolute Gasteiger partial charge is 0.493 e. The van der Waals surface area contributed by atoms with Gasteiger partial charge in [0.2, 0.25) is 5.91 Å². The Labute approximate surface area is 179 Å². The number of benzene rings is 1. The van der Waals surface area contributed by atoms with E-state index >= 15 is 0 Å². The third-order valence-corrected chi connectivity index (χ3v) is 8.12. The van der Waals surface area contributed by atoms with Crippen molar-refractivity contribution in [2.24, 2.45) is 22.4 Å². The Balaban J connectivity index is 1.80. The van der Waals surface area contributed by atoms with E-state index in [1.54, 1.807) is 6.07 Å². The number of nitrogens with two attached hydrogens (primary N) is 1. The topological polar surface area (TPSA) is 108 Å². The molecular weight excluding hydrogens is 404 g/mol. The molecule has 0 radical (unpaired) electrons. The molecule has 166 valence electrons. The maximum Gasteiger partial charge on any atom is 0.380 e. The highest BCUT2D eigenvalue weighted by Crippen LogP contribution is 2.61. The summed E-state index contributed by atoms with van der Waals surface area (Å²) in [6, 6.07) is 3.40. The molecule has 30 heavy (non-hydrogen) atoms. The molecule has 1 aromatic rings. The van der Waals surface area contributed by atoms with Crippen molar-refractivity contribution in [1.29, 1.82) is 0 Å². The zero-order valence-electron chi connectivity index (χ0n) is 17.9. The number of hydrogen-bond donors (Lipinski definition) is 2. The van der Waals surface area contributed by atoms with Crippen LogP contribution in [0, 0.1) is 17.3 Å². The fourth-order valence-electron chi connectivity index (χ4n) is 6.51. The summed E-state index contributed by atoms with van der Waals surface area (Å²) in [7, 11) is -2.70. The SMILES string of the molecule is COc1cc2c(cc1OS(N)(=O)=O)[C@@H](NC(C)=O)CC1C2CC[C@]2(C)CCCCC12. The first kappa shape index (κ1) is 21.4. The second-order valence-corrected chi connectivity index (χ2v) is 10.7. The number of amides is 1. The molecule has 4 rings (SSSR count). The van der Waals surface area contributed by atoms with Gasteiger partial charge in [-0.1, -0.05) is 19.8 Å². The molecule has 7 nitrogen and oxygen atoms in total. The van der Waals surface area contributed by atoms with Crippen molar-refractivity contribution in [2.75, 3.05) is 7.11 Å². The van der Waals surface area contributed by atoms with Crippen LogP contribution in [-0.4, -0.2) is 21.4 Å². The summed E-state index contributed by atoms with van der Waals surface area (Å²) < 4.78 is 33.5. The Hall–Kier alpha value is -1.80. The molecule has 3 aliphatic carbocycles. The molecule has 0 saturated heterocycles. The Bertz CT molecular complexity index is 947. The molecule has 0 heterocycles. The van der Waals surface area contributed by atoms with E-state index in [1.807, 2.05) is 6.07 Å². The van der Waals surface area contributed by atoms with Crippen LogP contribution in [0.1, 0.15) is 81.9 Å². The monoisotopic (exact) mass is 436 g/mol. The van der Waals surface area contributed by atoms with E-state index in [0.29, 0.717) is 28.9 Å². The summed E-state index contributed by atoms with van der Waals surface area (Å²) in [5.41, 5.74) is 2.42. The zero-order valence-corrected chi connectivity index (χ0v) is 18.8. The first-order valence-corrected chi connectivity index (χ1v) is 12.3. The lowest BCUT2D eigenvalue weighted by Crippen LogP contribution is -2.46. The minimum Gasteiger partial charge on any atom is -0.493 e. The molecular formula is C22H32N2O5S. The van der Waals surface area contributed by atoms with Gasteiger partial charge in [-0.15, -0.1) is 0 Å². The molecule has 3 N–H and O–H groups in total. The molecule has 8 heteroatoms. The second-order valence-electron chi connectivity index (χ2n) is 9.51. The zero-order chi connectivity index (χ0) is 21.7. The number of nitrogens with one attached hydrogen (secondary N) is 1. The van der Waals surface area contributed by atoms with E-state index in [9.17, 15) is 13.2 Å². The highest BCUT2D eigenvalue weighted by atomic mass is 32.2. The summed E-state index contributed by atoms with van der Waals surface area (Å²) in [6.45, 7) is 3.96.